The van der Waals surface area contributed by atoms with Gasteiger partial charge in [0.05, 0.1) is 16.9 Å². The highest BCUT2D eigenvalue weighted by molar-refractivity contribution is 7.99. The number of anilines is 2. The summed E-state index contributed by atoms with van der Waals surface area (Å²) < 4.78 is 5.58. The lowest BCUT2D eigenvalue weighted by Gasteiger charge is -2.32. The van der Waals surface area contributed by atoms with Crippen molar-refractivity contribution in [2.75, 3.05) is 16.8 Å². The first-order chi connectivity index (χ1) is 15.4. The Morgan fingerprint density at radius 1 is 1.06 bits per heavy atom. The van der Waals surface area contributed by atoms with Gasteiger partial charge in [-0.2, -0.15) is 0 Å². The zero-order valence-corrected chi connectivity index (χ0v) is 18.0. The molecule has 32 heavy (non-hydrogen) atoms. The van der Waals surface area contributed by atoms with Crippen LogP contribution in [0.25, 0.3) is 0 Å². The molecule has 0 spiro atoms. The highest BCUT2D eigenvalue weighted by atomic mass is 32.2. The van der Waals surface area contributed by atoms with E-state index in [1.165, 1.54) is 34.9 Å². The van der Waals surface area contributed by atoms with E-state index in [4.69, 9.17) is 4.74 Å². The Morgan fingerprint density at radius 3 is 2.53 bits per heavy atom. The number of carboxylic acids is 1. The van der Waals surface area contributed by atoms with Gasteiger partial charge in [-0.15, -0.1) is 0 Å². The van der Waals surface area contributed by atoms with Crippen molar-refractivity contribution in [2.45, 2.75) is 22.8 Å². The van der Waals surface area contributed by atoms with Crippen LogP contribution in [-0.4, -0.2) is 35.5 Å². The first-order valence-electron chi connectivity index (χ1n) is 9.89. The molecule has 1 unspecified atom stereocenters. The molecule has 1 heterocycles. The van der Waals surface area contributed by atoms with E-state index in [0.717, 1.165) is 9.79 Å². The summed E-state index contributed by atoms with van der Waals surface area (Å²) in [6.45, 7) is 1.32. The number of carboxylic acid groups (broad SMARTS) is 1. The van der Waals surface area contributed by atoms with E-state index < -0.39 is 23.9 Å². The Balaban J connectivity index is 1.56. The third-order valence-electron chi connectivity index (χ3n) is 4.85. The third-order valence-corrected chi connectivity index (χ3v) is 5.93. The van der Waals surface area contributed by atoms with Gasteiger partial charge in [0.25, 0.3) is 5.91 Å². The number of nitrogens with one attached hydrogen (secondary N) is 1. The van der Waals surface area contributed by atoms with Crippen molar-refractivity contribution in [1.29, 1.82) is 0 Å². The number of rotatable bonds is 6. The van der Waals surface area contributed by atoms with Crippen molar-refractivity contribution in [3.05, 3.63) is 78.4 Å². The molecule has 2 amide bonds. The summed E-state index contributed by atoms with van der Waals surface area (Å²) in [5, 5.41) is 12.2. The Morgan fingerprint density at radius 2 is 1.78 bits per heavy atom. The van der Waals surface area contributed by atoms with Crippen molar-refractivity contribution in [3.8, 4) is 5.75 Å². The minimum absolute atomic E-state index is 0.00437. The maximum absolute atomic E-state index is 12.9. The van der Waals surface area contributed by atoms with Crippen LogP contribution < -0.4 is 15.0 Å². The molecule has 4 rings (SSSR count). The van der Waals surface area contributed by atoms with E-state index in [9.17, 15) is 19.5 Å². The molecule has 1 aliphatic rings. The van der Waals surface area contributed by atoms with Crippen molar-refractivity contribution < 1.29 is 24.2 Å². The van der Waals surface area contributed by atoms with Gasteiger partial charge in [-0.25, -0.2) is 4.79 Å². The first kappa shape index (κ1) is 21.5. The lowest BCUT2D eigenvalue weighted by atomic mass is 10.1. The van der Waals surface area contributed by atoms with Gasteiger partial charge in [0, 0.05) is 9.79 Å². The van der Waals surface area contributed by atoms with Gasteiger partial charge in [0.15, 0.2) is 6.10 Å². The van der Waals surface area contributed by atoms with Crippen molar-refractivity contribution >= 4 is 40.9 Å². The smallest absolute Gasteiger partial charge is 0.335 e. The van der Waals surface area contributed by atoms with Crippen LogP contribution in [-0.2, 0) is 9.59 Å². The second-order valence-corrected chi connectivity index (χ2v) is 8.25. The van der Waals surface area contributed by atoms with E-state index in [1.54, 1.807) is 13.0 Å². The van der Waals surface area contributed by atoms with Crippen molar-refractivity contribution in [2.24, 2.45) is 0 Å². The summed E-state index contributed by atoms with van der Waals surface area (Å²) in [4.78, 5) is 40.1. The molecular weight excluding hydrogens is 428 g/mol. The number of ether oxygens (including phenoxy) is 1. The SMILES string of the molecule is CC1Oc2ccc(C(=O)O)cc2N(CC(=O)Nc2ccccc2Sc2ccccc2)C1=O. The Labute approximate surface area is 189 Å². The molecule has 0 aromatic heterocycles. The molecule has 162 valence electrons. The van der Waals surface area contributed by atoms with Gasteiger partial charge in [-0.3, -0.25) is 14.5 Å². The van der Waals surface area contributed by atoms with Gasteiger partial charge in [0.2, 0.25) is 5.91 Å². The zero-order valence-electron chi connectivity index (χ0n) is 17.1. The summed E-state index contributed by atoms with van der Waals surface area (Å²) in [7, 11) is 0. The molecule has 3 aromatic rings. The van der Waals surface area contributed by atoms with E-state index >= 15 is 0 Å². The highest BCUT2D eigenvalue weighted by Gasteiger charge is 2.33. The molecule has 0 radical (unpaired) electrons. The molecule has 0 bridgehead atoms. The fourth-order valence-corrected chi connectivity index (χ4v) is 4.23. The second kappa shape index (κ2) is 9.15. The van der Waals surface area contributed by atoms with E-state index in [0.29, 0.717) is 11.4 Å². The monoisotopic (exact) mass is 448 g/mol. The molecule has 8 heteroatoms. The van der Waals surface area contributed by atoms with E-state index in [-0.39, 0.29) is 17.8 Å². The number of hydrogen-bond donors (Lipinski definition) is 2. The minimum atomic E-state index is -1.13. The number of amides is 2. The number of fused-ring (bicyclic) bond motifs is 1. The van der Waals surface area contributed by atoms with Crippen LogP contribution >= 0.6 is 11.8 Å². The standard InChI is InChI=1S/C24H20N2O5S/c1-15-23(28)26(19-13-16(24(29)30)11-12-20(19)31-15)14-22(27)25-18-9-5-6-10-21(18)32-17-7-3-2-4-8-17/h2-13,15H,14H2,1H3,(H,25,27)(H,29,30). The second-order valence-electron chi connectivity index (χ2n) is 7.13. The maximum Gasteiger partial charge on any atom is 0.335 e. The Hall–Kier alpha value is -3.78. The Bertz CT molecular complexity index is 1180. The van der Waals surface area contributed by atoms with Crippen molar-refractivity contribution in [1.82, 2.24) is 0 Å². The Kier molecular flexibility index (Phi) is 6.13. The fourth-order valence-electron chi connectivity index (χ4n) is 3.31. The summed E-state index contributed by atoms with van der Waals surface area (Å²) in [6, 6.07) is 21.4. The molecule has 3 aromatic carbocycles. The summed E-state index contributed by atoms with van der Waals surface area (Å²) in [6.07, 6.45) is -0.785. The molecule has 0 fully saturated rings. The van der Waals surface area contributed by atoms with E-state index in [1.807, 2.05) is 48.5 Å². The number of carbonyl (C=O) groups is 3. The molecular formula is C24H20N2O5S. The quantitative estimate of drug-likeness (QED) is 0.584. The average molecular weight is 449 g/mol. The number of hydrogen-bond acceptors (Lipinski definition) is 5. The lowest BCUT2D eigenvalue weighted by Crippen LogP contribution is -2.47. The molecule has 0 saturated carbocycles. The van der Waals surface area contributed by atoms with Gasteiger partial charge in [0.1, 0.15) is 12.3 Å². The van der Waals surface area contributed by atoms with Crippen LogP contribution in [0.5, 0.6) is 5.75 Å². The lowest BCUT2D eigenvalue weighted by molar-refractivity contribution is -0.127. The van der Waals surface area contributed by atoms with Gasteiger partial charge >= 0.3 is 5.97 Å². The summed E-state index contributed by atoms with van der Waals surface area (Å²) in [5.41, 5.74) is 0.888. The summed E-state index contributed by atoms with van der Waals surface area (Å²) in [5.74, 6) is -1.59. The normalized spacial score (nSPS) is 15.0. The highest BCUT2D eigenvalue weighted by Crippen LogP contribution is 2.36. The van der Waals surface area contributed by atoms with Crippen LogP contribution in [0.2, 0.25) is 0 Å². The molecule has 1 atom stereocenters. The maximum atomic E-state index is 12.9. The molecule has 0 saturated heterocycles. The van der Waals surface area contributed by atoms with Crippen LogP contribution in [0, 0.1) is 0 Å². The summed E-state index contributed by atoms with van der Waals surface area (Å²) >= 11 is 1.52. The van der Waals surface area contributed by atoms with Crippen molar-refractivity contribution in [3.63, 3.8) is 0 Å². The van der Waals surface area contributed by atoms with Crippen LogP contribution in [0.15, 0.2) is 82.6 Å². The van der Waals surface area contributed by atoms with Gasteiger partial charge in [-0.05, 0) is 49.4 Å². The fraction of sp³-hybridized carbons (Fsp3) is 0.125. The molecule has 7 nitrogen and oxygen atoms in total. The predicted molar refractivity (Wildman–Crippen MR) is 121 cm³/mol. The number of nitrogens with zero attached hydrogens (tertiary/aromatic N) is 1. The number of para-hydroxylation sites is 1. The van der Waals surface area contributed by atoms with Crippen LogP contribution in [0.4, 0.5) is 11.4 Å². The zero-order chi connectivity index (χ0) is 22.7. The number of benzene rings is 3. The van der Waals surface area contributed by atoms with Gasteiger partial charge < -0.3 is 15.2 Å². The molecule has 1 aliphatic heterocycles. The first-order valence-corrected chi connectivity index (χ1v) is 10.7. The third kappa shape index (κ3) is 4.60. The molecule has 2 N–H and O–H groups in total. The number of carbonyl (C=O) groups excluding carboxylic acids is 2. The van der Waals surface area contributed by atoms with E-state index in [2.05, 4.69) is 5.32 Å². The van der Waals surface area contributed by atoms with Gasteiger partial charge in [-0.1, -0.05) is 42.1 Å². The minimum Gasteiger partial charge on any atom is -0.479 e. The number of aromatic carboxylic acids is 1. The molecule has 0 aliphatic carbocycles. The topological polar surface area (TPSA) is 95.9 Å². The van der Waals surface area contributed by atoms with Crippen LogP contribution in [0.1, 0.15) is 17.3 Å². The van der Waals surface area contributed by atoms with Crippen LogP contribution in [0.3, 0.4) is 0 Å². The average Bonchev–Trinajstić information content (AvgIpc) is 2.78. The predicted octanol–water partition coefficient (Wildman–Crippen LogP) is 4.29. The largest absolute Gasteiger partial charge is 0.479 e.